The van der Waals surface area contributed by atoms with Gasteiger partial charge in [0, 0.05) is 25.3 Å². The SMILES string of the molecule is O=C(c1ccccn1)N1CCC(Nc2ccc(F)cc2[N+](=O)[O-])C1. The largest absolute Gasteiger partial charge is 0.375 e. The molecule has 1 aromatic heterocycles. The van der Waals surface area contributed by atoms with Gasteiger partial charge >= 0.3 is 0 Å². The summed E-state index contributed by atoms with van der Waals surface area (Å²) in [4.78, 5) is 28.4. The van der Waals surface area contributed by atoms with Crippen LogP contribution in [-0.2, 0) is 0 Å². The van der Waals surface area contributed by atoms with Crippen LogP contribution in [0.5, 0.6) is 0 Å². The maximum atomic E-state index is 13.2. The highest BCUT2D eigenvalue weighted by molar-refractivity contribution is 5.92. The summed E-state index contributed by atoms with van der Waals surface area (Å²) in [6.07, 6.45) is 2.20. The number of likely N-dealkylation sites (tertiary alicyclic amines) is 1. The summed E-state index contributed by atoms with van der Waals surface area (Å²) < 4.78 is 13.2. The molecule has 2 heterocycles. The summed E-state index contributed by atoms with van der Waals surface area (Å²) in [5.41, 5.74) is 0.300. The molecular formula is C16H15FN4O3. The molecule has 0 bridgehead atoms. The quantitative estimate of drug-likeness (QED) is 0.687. The van der Waals surface area contributed by atoms with Crippen molar-refractivity contribution in [2.45, 2.75) is 12.5 Å². The number of hydrogen-bond acceptors (Lipinski definition) is 5. The average molecular weight is 330 g/mol. The average Bonchev–Trinajstić information content (AvgIpc) is 3.05. The van der Waals surface area contributed by atoms with Gasteiger partial charge in [-0.1, -0.05) is 6.07 Å². The molecule has 0 saturated carbocycles. The van der Waals surface area contributed by atoms with Gasteiger partial charge < -0.3 is 10.2 Å². The summed E-state index contributed by atoms with van der Waals surface area (Å²) in [6, 6.07) is 8.38. The molecule has 1 amide bonds. The van der Waals surface area contributed by atoms with Crippen molar-refractivity contribution < 1.29 is 14.1 Å². The molecule has 0 radical (unpaired) electrons. The summed E-state index contributed by atoms with van der Waals surface area (Å²) in [5, 5.41) is 14.1. The Kier molecular flexibility index (Phi) is 4.37. The lowest BCUT2D eigenvalue weighted by molar-refractivity contribution is -0.384. The molecule has 1 atom stereocenters. The van der Waals surface area contributed by atoms with E-state index in [1.165, 1.54) is 12.1 Å². The van der Waals surface area contributed by atoms with E-state index < -0.39 is 10.7 Å². The number of carbonyl (C=O) groups excluding carboxylic acids is 1. The van der Waals surface area contributed by atoms with Crippen molar-refractivity contribution in [3.63, 3.8) is 0 Å². The molecule has 24 heavy (non-hydrogen) atoms. The normalized spacial score (nSPS) is 16.9. The molecule has 1 aliphatic rings. The Morgan fingerprint density at radius 2 is 2.21 bits per heavy atom. The lowest BCUT2D eigenvalue weighted by Crippen LogP contribution is -2.32. The Hall–Kier alpha value is -3.03. The zero-order valence-electron chi connectivity index (χ0n) is 12.7. The Morgan fingerprint density at radius 3 is 2.92 bits per heavy atom. The standard InChI is InChI=1S/C16H15FN4O3/c17-11-4-5-13(15(9-11)21(23)24)19-12-6-8-20(10-12)16(22)14-3-1-2-7-18-14/h1-5,7,9,12,19H,6,8,10H2. The molecule has 1 aliphatic heterocycles. The molecule has 0 aliphatic carbocycles. The zero-order chi connectivity index (χ0) is 17.1. The number of nitro groups is 1. The number of halogens is 1. The second-order valence-corrected chi connectivity index (χ2v) is 5.51. The van der Waals surface area contributed by atoms with Gasteiger partial charge in [-0.15, -0.1) is 0 Å². The van der Waals surface area contributed by atoms with Crippen molar-refractivity contribution in [3.8, 4) is 0 Å². The highest BCUT2D eigenvalue weighted by Gasteiger charge is 2.29. The van der Waals surface area contributed by atoms with Crippen molar-refractivity contribution >= 4 is 17.3 Å². The summed E-state index contributed by atoms with van der Waals surface area (Å²) in [6.45, 7) is 0.937. The van der Waals surface area contributed by atoms with Crippen molar-refractivity contribution in [2.75, 3.05) is 18.4 Å². The van der Waals surface area contributed by atoms with Gasteiger partial charge in [0.25, 0.3) is 11.6 Å². The van der Waals surface area contributed by atoms with Gasteiger partial charge in [-0.2, -0.15) is 0 Å². The first-order valence-electron chi connectivity index (χ1n) is 7.45. The van der Waals surface area contributed by atoms with Gasteiger partial charge in [-0.05, 0) is 30.7 Å². The molecule has 2 aromatic rings. The predicted octanol–water partition coefficient (Wildman–Crippen LogP) is 2.46. The highest BCUT2D eigenvalue weighted by atomic mass is 19.1. The number of amides is 1. The molecule has 1 fully saturated rings. The fourth-order valence-corrected chi connectivity index (χ4v) is 2.71. The second-order valence-electron chi connectivity index (χ2n) is 5.51. The molecule has 124 valence electrons. The van der Waals surface area contributed by atoms with E-state index >= 15 is 0 Å². The van der Waals surface area contributed by atoms with Gasteiger partial charge in [0.1, 0.15) is 17.2 Å². The Morgan fingerprint density at radius 1 is 1.38 bits per heavy atom. The molecule has 1 aromatic carbocycles. The van der Waals surface area contributed by atoms with Gasteiger partial charge in [0.15, 0.2) is 0 Å². The van der Waals surface area contributed by atoms with E-state index in [9.17, 15) is 19.3 Å². The van der Waals surface area contributed by atoms with E-state index in [1.54, 1.807) is 29.3 Å². The summed E-state index contributed by atoms with van der Waals surface area (Å²) >= 11 is 0. The van der Waals surface area contributed by atoms with Crippen molar-refractivity contribution in [1.82, 2.24) is 9.88 Å². The lowest BCUT2D eigenvalue weighted by Gasteiger charge is -2.17. The molecule has 1 saturated heterocycles. The minimum atomic E-state index is -0.661. The van der Waals surface area contributed by atoms with Crippen LogP contribution in [0.15, 0.2) is 42.6 Å². The number of nitrogens with zero attached hydrogens (tertiary/aromatic N) is 3. The maximum Gasteiger partial charge on any atom is 0.295 e. The van der Waals surface area contributed by atoms with E-state index in [0.29, 0.717) is 25.2 Å². The predicted molar refractivity (Wildman–Crippen MR) is 85.2 cm³/mol. The fourth-order valence-electron chi connectivity index (χ4n) is 2.71. The number of nitro benzene ring substituents is 1. The Labute approximate surface area is 137 Å². The fraction of sp³-hybridized carbons (Fsp3) is 0.250. The molecule has 3 rings (SSSR count). The number of benzene rings is 1. The maximum absolute atomic E-state index is 13.2. The third-order valence-electron chi connectivity index (χ3n) is 3.88. The van der Waals surface area contributed by atoms with Crippen LogP contribution in [0.25, 0.3) is 0 Å². The van der Waals surface area contributed by atoms with Crippen LogP contribution in [0.1, 0.15) is 16.9 Å². The molecular weight excluding hydrogens is 315 g/mol. The first-order valence-corrected chi connectivity index (χ1v) is 7.45. The van der Waals surface area contributed by atoms with Crippen LogP contribution in [0, 0.1) is 15.9 Å². The van der Waals surface area contributed by atoms with Crippen LogP contribution in [0.3, 0.4) is 0 Å². The zero-order valence-corrected chi connectivity index (χ0v) is 12.7. The number of aromatic nitrogens is 1. The van der Waals surface area contributed by atoms with E-state index in [1.807, 2.05) is 0 Å². The van der Waals surface area contributed by atoms with E-state index in [4.69, 9.17) is 0 Å². The van der Waals surface area contributed by atoms with Crippen LogP contribution in [0.4, 0.5) is 15.8 Å². The van der Waals surface area contributed by atoms with Gasteiger partial charge in [0.05, 0.1) is 11.0 Å². The van der Waals surface area contributed by atoms with Gasteiger partial charge in [0.2, 0.25) is 0 Å². The number of nitrogens with one attached hydrogen (secondary N) is 1. The molecule has 0 spiro atoms. The minimum absolute atomic E-state index is 0.137. The van der Waals surface area contributed by atoms with Crippen LogP contribution in [0.2, 0.25) is 0 Å². The van der Waals surface area contributed by atoms with Crippen molar-refractivity contribution in [1.29, 1.82) is 0 Å². The number of hydrogen-bond donors (Lipinski definition) is 1. The molecule has 8 heteroatoms. The van der Waals surface area contributed by atoms with Crippen LogP contribution in [-0.4, -0.2) is 39.8 Å². The van der Waals surface area contributed by atoms with Crippen molar-refractivity contribution in [2.24, 2.45) is 0 Å². The molecule has 1 N–H and O–H groups in total. The van der Waals surface area contributed by atoms with E-state index in [-0.39, 0.29) is 23.3 Å². The van der Waals surface area contributed by atoms with Crippen LogP contribution < -0.4 is 5.32 Å². The number of carbonyl (C=O) groups is 1. The third kappa shape index (κ3) is 3.32. The second kappa shape index (κ2) is 6.61. The Balaban J connectivity index is 1.69. The minimum Gasteiger partial charge on any atom is -0.375 e. The van der Waals surface area contributed by atoms with Crippen LogP contribution >= 0.6 is 0 Å². The van der Waals surface area contributed by atoms with Gasteiger partial charge in [-0.3, -0.25) is 19.9 Å². The third-order valence-corrected chi connectivity index (χ3v) is 3.88. The van der Waals surface area contributed by atoms with E-state index in [2.05, 4.69) is 10.3 Å². The lowest BCUT2D eigenvalue weighted by atomic mass is 10.2. The highest BCUT2D eigenvalue weighted by Crippen LogP contribution is 2.27. The van der Waals surface area contributed by atoms with Crippen molar-refractivity contribution in [3.05, 3.63) is 64.2 Å². The van der Waals surface area contributed by atoms with Gasteiger partial charge in [-0.25, -0.2) is 4.39 Å². The molecule has 1 unspecified atom stereocenters. The molecule has 7 nitrogen and oxygen atoms in total. The number of rotatable bonds is 4. The van der Waals surface area contributed by atoms with E-state index in [0.717, 1.165) is 6.07 Å². The monoisotopic (exact) mass is 330 g/mol. The summed E-state index contributed by atoms with van der Waals surface area (Å²) in [5.74, 6) is -0.834. The first kappa shape index (κ1) is 15.9. The smallest absolute Gasteiger partial charge is 0.295 e. The Bertz CT molecular complexity index is 769. The summed E-state index contributed by atoms with van der Waals surface area (Å²) in [7, 11) is 0. The number of anilines is 1. The first-order chi connectivity index (χ1) is 11.5. The topological polar surface area (TPSA) is 88.4 Å². The number of pyridine rings is 1.